The Hall–Kier alpha value is -4.34. The van der Waals surface area contributed by atoms with Gasteiger partial charge in [-0.15, -0.1) is 10.2 Å². The molecule has 0 bridgehead atoms. The van der Waals surface area contributed by atoms with Gasteiger partial charge in [-0.1, -0.05) is 30.3 Å². The average molecular weight is 505 g/mol. The molecule has 0 spiro atoms. The van der Waals surface area contributed by atoms with E-state index in [0.29, 0.717) is 17.1 Å². The van der Waals surface area contributed by atoms with Gasteiger partial charge in [0.15, 0.2) is 6.04 Å². The van der Waals surface area contributed by atoms with E-state index in [1.165, 1.54) is 29.2 Å². The van der Waals surface area contributed by atoms with Crippen molar-refractivity contribution >= 4 is 11.8 Å². The van der Waals surface area contributed by atoms with Gasteiger partial charge in [-0.25, -0.2) is 4.39 Å². The summed E-state index contributed by atoms with van der Waals surface area (Å²) in [5.74, 6) is 0.0704. The van der Waals surface area contributed by atoms with Crippen LogP contribution in [0.4, 0.5) is 4.39 Å². The summed E-state index contributed by atoms with van der Waals surface area (Å²) in [6.45, 7) is 7.28. The van der Waals surface area contributed by atoms with Gasteiger partial charge < -0.3 is 14.6 Å². The molecule has 4 rings (SSSR count). The Kier molecular flexibility index (Phi) is 7.47. The molecule has 0 aliphatic heterocycles. The summed E-state index contributed by atoms with van der Waals surface area (Å²) in [7, 11) is 0. The normalized spacial score (nSPS) is 12.2. The van der Waals surface area contributed by atoms with Crippen molar-refractivity contribution < 1.29 is 18.4 Å². The summed E-state index contributed by atoms with van der Waals surface area (Å²) in [6, 6.07) is 17.5. The predicted octanol–water partition coefficient (Wildman–Crippen LogP) is 4.07. The molecule has 10 heteroatoms. The summed E-state index contributed by atoms with van der Waals surface area (Å²) in [6.07, 6.45) is 0. The highest BCUT2D eigenvalue weighted by molar-refractivity contribution is 5.88. The zero-order chi connectivity index (χ0) is 26.6. The SMILES string of the molecule is Cc1ccc([C@H](C(=O)NC(C)(C)C)N(Cc2ccccc2)C(=O)Cn2nnc(-c3ccc(F)cc3)n2)o1. The minimum atomic E-state index is -1.03. The number of nitrogens with one attached hydrogen (secondary N) is 1. The number of nitrogens with zero attached hydrogens (tertiary/aromatic N) is 5. The Morgan fingerprint density at radius 1 is 1.05 bits per heavy atom. The molecule has 9 nitrogen and oxygen atoms in total. The largest absolute Gasteiger partial charge is 0.464 e. The highest BCUT2D eigenvalue weighted by atomic mass is 19.1. The van der Waals surface area contributed by atoms with E-state index in [1.54, 1.807) is 19.1 Å². The fourth-order valence-corrected chi connectivity index (χ4v) is 3.80. The summed E-state index contributed by atoms with van der Waals surface area (Å²) >= 11 is 0. The molecule has 0 aliphatic rings. The second-order valence-electron chi connectivity index (χ2n) is 9.75. The standard InChI is InChI=1S/C27H29FN6O3/c1-18-10-15-22(37-18)24(26(36)29-27(2,3)4)33(16-19-8-6-5-7-9-19)23(35)17-34-31-25(30-32-34)20-11-13-21(28)14-12-20/h5-15,24H,16-17H2,1-4H3,(H,29,36)/t24-/m1/s1. The van der Waals surface area contributed by atoms with E-state index in [-0.39, 0.29) is 30.6 Å². The number of aryl methyl sites for hydroxylation is 1. The zero-order valence-electron chi connectivity index (χ0n) is 21.2. The van der Waals surface area contributed by atoms with Crippen molar-refractivity contribution in [2.24, 2.45) is 0 Å². The van der Waals surface area contributed by atoms with Crippen LogP contribution in [0.2, 0.25) is 0 Å². The zero-order valence-corrected chi connectivity index (χ0v) is 21.2. The van der Waals surface area contributed by atoms with Crippen LogP contribution >= 0.6 is 0 Å². The second kappa shape index (κ2) is 10.7. The van der Waals surface area contributed by atoms with E-state index < -0.39 is 17.5 Å². The van der Waals surface area contributed by atoms with Crippen molar-refractivity contribution in [3.05, 3.63) is 89.6 Å². The van der Waals surface area contributed by atoms with E-state index in [0.717, 1.165) is 10.4 Å². The van der Waals surface area contributed by atoms with Gasteiger partial charge in [-0.2, -0.15) is 4.80 Å². The Labute approximate surface area is 214 Å². The first-order valence-corrected chi connectivity index (χ1v) is 11.8. The monoisotopic (exact) mass is 504 g/mol. The van der Waals surface area contributed by atoms with Gasteiger partial charge in [0.1, 0.15) is 23.9 Å². The van der Waals surface area contributed by atoms with Crippen molar-refractivity contribution in [2.75, 3.05) is 0 Å². The molecule has 2 amide bonds. The lowest BCUT2D eigenvalue weighted by Crippen LogP contribution is -2.49. The van der Waals surface area contributed by atoms with Crippen LogP contribution < -0.4 is 5.32 Å². The first-order chi connectivity index (χ1) is 17.6. The van der Waals surface area contributed by atoms with Crippen LogP contribution in [0.25, 0.3) is 11.4 Å². The van der Waals surface area contributed by atoms with Crippen molar-refractivity contribution in [2.45, 2.75) is 52.4 Å². The molecule has 0 saturated heterocycles. The third-order valence-electron chi connectivity index (χ3n) is 5.44. The first kappa shape index (κ1) is 25.7. The van der Waals surface area contributed by atoms with Crippen molar-refractivity contribution in [1.29, 1.82) is 0 Å². The van der Waals surface area contributed by atoms with Gasteiger partial charge >= 0.3 is 0 Å². The quantitative estimate of drug-likeness (QED) is 0.388. The number of hydrogen-bond donors (Lipinski definition) is 1. The molecular weight excluding hydrogens is 475 g/mol. The fraction of sp³-hybridized carbons (Fsp3) is 0.296. The molecule has 2 aromatic heterocycles. The number of carbonyl (C=O) groups is 2. The Morgan fingerprint density at radius 2 is 1.76 bits per heavy atom. The molecule has 1 atom stereocenters. The molecule has 0 radical (unpaired) electrons. The van der Waals surface area contributed by atoms with Gasteiger partial charge in [0.25, 0.3) is 5.91 Å². The van der Waals surface area contributed by atoms with Gasteiger partial charge in [-0.05, 0) is 74.9 Å². The molecule has 0 fully saturated rings. The molecule has 0 saturated carbocycles. The summed E-state index contributed by atoms with van der Waals surface area (Å²) in [5.41, 5.74) is 0.872. The first-order valence-electron chi connectivity index (χ1n) is 11.8. The molecule has 4 aromatic rings. The maximum Gasteiger partial charge on any atom is 0.251 e. The molecule has 37 heavy (non-hydrogen) atoms. The molecule has 2 heterocycles. The molecule has 192 valence electrons. The van der Waals surface area contributed by atoms with Crippen LogP contribution in [0, 0.1) is 12.7 Å². The van der Waals surface area contributed by atoms with Crippen LogP contribution in [0.3, 0.4) is 0 Å². The molecule has 2 aromatic carbocycles. The number of halogens is 1. The van der Waals surface area contributed by atoms with E-state index in [9.17, 15) is 14.0 Å². The number of aromatic nitrogens is 4. The van der Waals surface area contributed by atoms with Gasteiger partial charge in [0.2, 0.25) is 11.7 Å². The number of hydrogen-bond acceptors (Lipinski definition) is 6. The summed E-state index contributed by atoms with van der Waals surface area (Å²) in [4.78, 5) is 29.9. The van der Waals surface area contributed by atoms with E-state index in [1.807, 2.05) is 51.1 Å². The second-order valence-corrected chi connectivity index (χ2v) is 9.75. The Balaban J connectivity index is 1.67. The predicted molar refractivity (Wildman–Crippen MR) is 134 cm³/mol. The Bertz CT molecular complexity index is 1360. The third-order valence-corrected chi connectivity index (χ3v) is 5.44. The lowest BCUT2D eigenvalue weighted by Gasteiger charge is -2.32. The average Bonchev–Trinajstić information content (AvgIpc) is 3.48. The molecule has 0 aliphatic carbocycles. The number of benzene rings is 2. The summed E-state index contributed by atoms with van der Waals surface area (Å²) in [5, 5.41) is 15.2. The summed E-state index contributed by atoms with van der Waals surface area (Å²) < 4.78 is 19.1. The van der Waals surface area contributed by atoms with Gasteiger partial charge in [-0.3, -0.25) is 9.59 Å². The van der Waals surface area contributed by atoms with Crippen LogP contribution in [0.15, 0.2) is 71.1 Å². The number of carbonyl (C=O) groups excluding carboxylic acids is 2. The van der Waals surface area contributed by atoms with Crippen molar-refractivity contribution in [1.82, 2.24) is 30.4 Å². The molecule has 0 unspecified atom stereocenters. The van der Waals surface area contributed by atoms with E-state index in [4.69, 9.17) is 4.42 Å². The number of amides is 2. The van der Waals surface area contributed by atoms with E-state index in [2.05, 4.69) is 20.7 Å². The third kappa shape index (κ3) is 6.66. The van der Waals surface area contributed by atoms with Crippen molar-refractivity contribution in [3.63, 3.8) is 0 Å². The molecule has 1 N–H and O–H groups in total. The lowest BCUT2D eigenvalue weighted by molar-refractivity contribution is -0.143. The fourth-order valence-electron chi connectivity index (χ4n) is 3.80. The van der Waals surface area contributed by atoms with Gasteiger partial charge in [0.05, 0.1) is 0 Å². The smallest absolute Gasteiger partial charge is 0.251 e. The minimum Gasteiger partial charge on any atom is -0.464 e. The Morgan fingerprint density at radius 3 is 2.38 bits per heavy atom. The highest BCUT2D eigenvalue weighted by Crippen LogP contribution is 2.27. The number of furan rings is 1. The topological polar surface area (TPSA) is 106 Å². The van der Waals surface area contributed by atoms with Crippen LogP contribution in [-0.2, 0) is 22.7 Å². The maximum atomic E-state index is 13.7. The molecular formula is C27H29FN6O3. The van der Waals surface area contributed by atoms with Crippen LogP contribution in [0.1, 0.15) is 43.9 Å². The van der Waals surface area contributed by atoms with E-state index >= 15 is 0 Å². The van der Waals surface area contributed by atoms with Gasteiger partial charge in [0, 0.05) is 17.6 Å². The lowest BCUT2D eigenvalue weighted by atomic mass is 10.1. The van der Waals surface area contributed by atoms with Crippen LogP contribution in [0.5, 0.6) is 0 Å². The minimum absolute atomic E-state index is 0.154. The van der Waals surface area contributed by atoms with Crippen molar-refractivity contribution in [3.8, 4) is 11.4 Å². The maximum absolute atomic E-state index is 13.7. The number of tetrazole rings is 1. The van der Waals surface area contributed by atoms with Crippen LogP contribution in [-0.4, -0.2) is 42.5 Å². The highest BCUT2D eigenvalue weighted by Gasteiger charge is 2.36. The number of rotatable bonds is 8.